The van der Waals surface area contributed by atoms with E-state index >= 15 is 0 Å². The average molecular weight is 473 g/mol. The van der Waals surface area contributed by atoms with Crippen LogP contribution in [-0.4, -0.2) is 18.9 Å². The lowest BCUT2D eigenvalue weighted by Gasteiger charge is -2.12. The highest BCUT2D eigenvalue weighted by Gasteiger charge is 2.24. The Balaban J connectivity index is 1.47. The summed E-state index contributed by atoms with van der Waals surface area (Å²) in [5.74, 6) is 0.440. The van der Waals surface area contributed by atoms with E-state index in [0.717, 1.165) is 40.7 Å². The summed E-state index contributed by atoms with van der Waals surface area (Å²) in [7, 11) is 0. The fourth-order valence-electron chi connectivity index (χ4n) is 4.45. The molecule has 4 heterocycles. The molecule has 5 aromatic rings. The third-order valence-corrected chi connectivity index (χ3v) is 8.17. The SMILES string of the molecule is Cc1cccn2c(=O)cc(CSc3nc4sc5c(c4c(=O)n3-c3ccccc3)CCC5)nc12. The van der Waals surface area contributed by atoms with Crippen LogP contribution in [0.25, 0.3) is 21.6 Å². The van der Waals surface area contributed by atoms with Crippen LogP contribution in [-0.2, 0) is 18.6 Å². The molecule has 0 aliphatic heterocycles. The Morgan fingerprint density at radius 1 is 1.06 bits per heavy atom. The fourth-order valence-corrected chi connectivity index (χ4v) is 6.66. The van der Waals surface area contributed by atoms with Gasteiger partial charge >= 0.3 is 0 Å². The molecule has 0 unspecified atom stereocenters. The Bertz CT molecular complexity index is 1650. The molecule has 0 fully saturated rings. The van der Waals surface area contributed by atoms with Gasteiger partial charge < -0.3 is 0 Å². The summed E-state index contributed by atoms with van der Waals surface area (Å²) in [5, 5.41) is 1.38. The second kappa shape index (κ2) is 7.97. The first-order chi connectivity index (χ1) is 16.1. The molecule has 6 nitrogen and oxygen atoms in total. The van der Waals surface area contributed by atoms with Gasteiger partial charge in [0.25, 0.3) is 11.1 Å². The maximum absolute atomic E-state index is 13.7. The van der Waals surface area contributed by atoms with Gasteiger partial charge in [-0.15, -0.1) is 11.3 Å². The molecular formula is C25H20N4O2S2. The number of benzene rings is 1. The Labute approximate surface area is 197 Å². The largest absolute Gasteiger partial charge is 0.269 e. The zero-order valence-electron chi connectivity index (χ0n) is 17.9. The van der Waals surface area contributed by atoms with E-state index in [2.05, 4.69) is 0 Å². The van der Waals surface area contributed by atoms with Crippen molar-refractivity contribution in [3.05, 3.63) is 97.1 Å². The molecule has 164 valence electrons. The van der Waals surface area contributed by atoms with Gasteiger partial charge in [-0.3, -0.25) is 18.6 Å². The molecule has 0 saturated carbocycles. The van der Waals surface area contributed by atoms with E-state index in [4.69, 9.17) is 9.97 Å². The molecule has 0 radical (unpaired) electrons. The van der Waals surface area contributed by atoms with Gasteiger partial charge in [-0.05, 0) is 55.5 Å². The van der Waals surface area contributed by atoms with Crippen molar-refractivity contribution in [3.63, 3.8) is 0 Å². The van der Waals surface area contributed by atoms with Gasteiger partial charge in [0.05, 0.1) is 16.8 Å². The van der Waals surface area contributed by atoms with Crippen molar-refractivity contribution in [1.82, 2.24) is 18.9 Å². The molecule has 0 bridgehead atoms. The van der Waals surface area contributed by atoms with E-state index in [1.54, 1.807) is 32.6 Å². The smallest absolute Gasteiger partial charge is 0.267 e. The molecule has 4 aromatic heterocycles. The second-order valence-electron chi connectivity index (χ2n) is 8.17. The van der Waals surface area contributed by atoms with E-state index < -0.39 is 0 Å². The number of thioether (sulfide) groups is 1. The van der Waals surface area contributed by atoms with Crippen LogP contribution in [0.4, 0.5) is 0 Å². The molecule has 0 spiro atoms. The lowest BCUT2D eigenvalue weighted by atomic mass is 10.2. The van der Waals surface area contributed by atoms with Gasteiger partial charge in [0.15, 0.2) is 5.16 Å². The van der Waals surface area contributed by atoms with Crippen LogP contribution in [0.15, 0.2) is 69.5 Å². The molecule has 6 rings (SSSR count). The van der Waals surface area contributed by atoms with Crippen molar-refractivity contribution in [1.29, 1.82) is 0 Å². The van der Waals surface area contributed by atoms with Gasteiger partial charge in [0.2, 0.25) is 0 Å². The standard InChI is InChI=1S/C25H20N4O2S2/c1-15-7-6-12-28-20(30)13-16(26-22(15)28)14-32-25-27-23-21(18-10-5-11-19(18)33-23)24(31)29(25)17-8-3-2-4-9-17/h2-4,6-9,12-13H,5,10-11,14H2,1H3. The summed E-state index contributed by atoms with van der Waals surface area (Å²) in [6, 6.07) is 15.0. The van der Waals surface area contributed by atoms with Gasteiger partial charge in [-0.1, -0.05) is 36.0 Å². The average Bonchev–Trinajstić information content (AvgIpc) is 3.40. The Kier molecular flexibility index (Phi) is 4.92. The van der Waals surface area contributed by atoms with Crippen LogP contribution < -0.4 is 11.1 Å². The normalized spacial score (nSPS) is 13.1. The van der Waals surface area contributed by atoms with Gasteiger partial charge in [-0.2, -0.15) is 0 Å². The number of pyridine rings is 1. The Morgan fingerprint density at radius 3 is 2.76 bits per heavy atom. The molecule has 0 N–H and O–H groups in total. The summed E-state index contributed by atoms with van der Waals surface area (Å²) in [4.78, 5) is 38.0. The maximum atomic E-state index is 13.7. The van der Waals surface area contributed by atoms with Crippen LogP contribution >= 0.6 is 23.1 Å². The molecule has 1 aliphatic rings. The maximum Gasteiger partial charge on any atom is 0.267 e. The van der Waals surface area contributed by atoms with Crippen LogP contribution in [0.5, 0.6) is 0 Å². The zero-order valence-corrected chi connectivity index (χ0v) is 19.6. The topological polar surface area (TPSA) is 69.3 Å². The van der Waals surface area contributed by atoms with E-state index in [-0.39, 0.29) is 11.1 Å². The predicted molar refractivity (Wildman–Crippen MR) is 133 cm³/mol. The molecule has 1 aromatic carbocycles. The van der Waals surface area contributed by atoms with E-state index in [0.29, 0.717) is 22.3 Å². The highest BCUT2D eigenvalue weighted by Crippen LogP contribution is 2.36. The minimum Gasteiger partial charge on any atom is -0.269 e. The third-order valence-electron chi connectivity index (χ3n) is 6.01. The van der Waals surface area contributed by atoms with Gasteiger partial charge in [-0.25, -0.2) is 9.97 Å². The van der Waals surface area contributed by atoms with E-state index in [9.17, 15) is 9.59 Å². The quantitative estimate of drug-likeness (QED) is 0.284. The molecule has 33 heavy (non-hydrogen) atoms. The number of rotatable bonds is 4. The zero-order chi connectivity index (χ0) is 22.5. The summed E-state index contributed by atoms with van der Waals surface area (Å²) in [5.41, 5.74) is 4.10. The highest BCUT2D eigenvalue weighted by molar-refractivity contribution is 7.98. The van der Waals surface area contributed by atoms with Crippen LogP contribution in [0.1, 0.15) is 28.1 Å². The monoisotopic (exact) mass is 472 g/mol. The summed E-state index contributed by atoms with van der Waals surface area (Å²) < 4.78 is 3.26. The van der Waals surface area contributed by atoms with Crippen molar-refractivity contribution in [2.75, 3.05) is 0 Å². The number of thiophene rings is 1. The molecule has 1 aliphatic carbocycles. The number of aryl methyl sites for hydroxylation is 3. The van der Waals surface area contributed by atoms with Crippen molar-refractivity contribution >= 4 is 39.0 Å². The third kappa shape index (κ3) is 3.41. The Morgan fingerprint density at radius 2 is 1.91 bits per heavy atom. The van der Waals surface area contributed by atoms with Crippen molar-refractivity contribution in [2.45, 2.75) is 37.1 Å². The van der Waals surface area contributed by atoms with Crippen molar-refractivity contribution in [3.8, 4) is 5.69 Å². The lowest BCUT2D eigenvalue weighted by Crippen LogP contribution is -2.22. The number of aromatic nitrogens is 4. The molecule has 0 atom stereocenters. The highest BCUT2D eigenvalue weighted by atomic mass is 32.2. The molecule has 8 heteroatoms. The van der Waals surface area contributed by atoms with Crippen LogP contribution in [0, 0.1) is 6.92 Å². The van der Waals surface area contributed by atoms with Crippen molar-refractivity contribution in [2.24, 2.45) is 0 Å². The lowest BCUT2D eigenvalue weighted by molar-refractivity contribution is 0.819. The number of hydrogen-bond acceptors (Lipinski definition) is 6. The number of fused-ring (bicyclic) bond motifs is 4. The van der Waals surface area contributed by atoms with Crippen molar-refractivity contribution < 1.29 is 0 Å². The number of hydrogen-bond donors (Lipinski definition) is 0. The predicted octanol–water partition coefficient (Wildman–Crippen LogP) is 4.54. The first-order valence-electron chi connectivity index (χ1n) is 10.8. The van der Waals surface area contributed by atoms with Gasteiger partial charge in [0, 0.05) is 22.9 Å². The minimum atomic E-state index is -0.113. The minimum absolute atomic E-state index is 0.0181. The van der Waals surface area contributed by atoms with Crippen LogP contribution in [0.3, 0.4) is 0 Å². The Hall–Kier alpha value is -3.23. The first kappa shape index (κ1) is 20.4. The van der Waals surface area contributed by atoms with E-state index in [1.807, 2.05) is 49.4 Å². The fraction of sp³-hybridized carbons (Fsp3) is 0.200. The van der Waals surface area contributed by atoms with Gasteiger partial charge in [0.1, 0.15) is 10.5 Å². The first-order valence-corrected chi connectivity index (χ1v) is 12.6. The number of nitrogens with zero attached hydrogens (tertiary/aromatic N) is 4. The second-order valence-corrected chi connectivity index (χ2v) is 10.2. The van der Waals surface area contributed by atoms with Crippen LogP contribution in [0.2, 0.25) is 0 Å². The summed E-state index contributed by atoms with van der Waals surface area (Å²) in [6.07, 6.45) is 4.79. The van der Waals surface area contributed by atoms with E-state index in [1.165, 1.54) is 22.2 Å². The molecular weight excluding hydrogens is 452 g/mol. The molecule has 0 saturated heterocycles. The molecule has 0 amide bonds. The summed E-state index contributed by atoms with van der Waals surface area (Å²) >= 11 is 3.08. The summed E-state index contributed by atoms with van der Waals surface area (Å²) in [6.45, 7) is 1.94. The number of para-hydroxylation sites is 1.